The van der Waals surface area contributed by atoms with Crippen molar-refractivity contribution in [2.24, 2.45) is 0 Å². The molecular formula is C15H15NO4. The van der Waals surface area contributed by atoms with Crippen LogP contribution in [0, 0.1) is 11.8 Å². The zero-order chi connectivity index (χ0) is 15.0. The third-order valence-electron chi connectivity index (χ3n) is 2.16. The maximum absolute atomic E-state index is 11.4. The predicted octanol–water partition coefficient (Wildman–Crippen LogP) is 1.52. The van der Waals surface area contributed by atoms with Gasteiger partial charge in [-0.2, -0.15) is 0 Å². The minimum absolute atomic E-state index is 0.148. The number of benzene rings is 1. The number of ether oxygens (including phenoxy) is 1. The normalized spacial score (nSPS) is 9.10. The van der Waals surface area contributed by atoms with Crippen LogP contribution in [0.15, 0.2) is 24.3 Å². The highest BCUT2D eigenvalue weighted by Gasteiger charge is 2.04. The number of amides is 1. The number of nitrogens with one attached hydrogen (secondary N) is 1. The van der Waals surface area contributed by atoms with E-state index in [1.165, 1.54) is 6.92 Å². The number of anilines is 1. The van der Waals surface area contributed by atoms with Crippen LogP contribution in [0.4, 0.5) is 5.69 Å². The fraction of sp³-hybridized carbons (Fsp3) is 0.267. The van der Waals surface area contributed by atoms with Crippen LogP contribution in [0.2, 0.25) is 0 Å². The van der Waals surface area contributed by atoms with Crippen molar-refractivity contribution in [2.75, 3.05) is 11.9 Å². The van der Waals surface area contributed by atoms with Crippen LogP contribution in [-0.2, 0) is 19.1 Å². The van der Waals surface area contributed by atoms with Crippen molar-refractivity contribution in [2.45, 2.75) is 20.3 Å². The number of carbonyl (C=O) groups is 3. The standard InChI is InChI=1S/C15H15NO4/c1-3-20-15(19)9-6-12-4-7-13(8-5-12)16-14(18)10-11(2)17/h4-5,7-8H,3,10H2,1-2H3,(H,16,18). The summed E-state index contributed by atoms with van der Waals surface area (Å²) < 4.78 is 4.68. The Hall–Kier alpha value is -2.61. The molecule has 0 spiro atoms. The lowest BCUT2D eigenvalue weighted by molar-refractivity contribution is -0.136. The Balaban J connectivity index is 2.62. The molecule has 104 valence electrons. The van der Waals surface area contributed by atoms with E-state index in [0.717, 1.165) is 0 Å². The molecule has 1 rings (SSSR count). The van der Waals surface area contributed by atoms with Crippen molar-refractivity contribution < 1.29 is 19.1 Å². The van der Waals surface area contributed by atoms with Gasteiger partial charge in [0.15, 0.2) is 0 Å². The molecule has 5 heteroatoms. The Bertz CT molecular complexity index is 564. The van der Waals surface area contributed by atoms with Crippen LogP contribution in [0.5, 0.6) is 0 Å². The lowest BCUT2D eigenvalue weighted by Crippen LogP contribution is -2.14. The molecule has 0 saturated carbocycles. The fourth-order valence-electron chi connectivity index (χ4n) is 1.36. The average Bonchev–Trinajstić information content (AvgIpc) is 2.37. The van der Waals surface area contributed by atoms with E-state index in [-0.39, 0.29) is 24.7 Å². The monoisotopic (exact) mass is 273 g/mol. The Morgan fingerprint density at radius 2 is 1.85 bits per heavy atom. The van der Waals surface area contributed by atoms with Gasteiger partial charge in [0.05, 0.1) is 13.0 Å². The molecule has 0 aliphatic carbocycles. The highest BCUT2D eigenvalue weighted by molar-refractivity contribution is 6.03. The third-order valence-corrected chi connectivity index (χ3v) is 2.16. The summed E-state index contributed by atoms with van der Waals surface area (Å²) in [6.07, 6.45) is -0.148. The van der Waals surface area contributed by atoms with Gasteiger partial charge in [-0.05, 0) is 38.1 Å². The Morgan fingerprint density at radius 1 is 1.20 bits per heavy atom. The van der Waals surface area contributed by atoms with Crippen LogP contribution in [-0.4, -0.2) is 24.3 Å². The number of carbonyl (C=O) groups excluding carboxylic acids is 3. The first-order chi connectivity index (χ1) is 9.51. The zero-order valence-corrected chi connectivity index (χ0v) is 11.4. The van der Waals surface area contributed by atoms with Gasteiger partial charge in [-0.3, -0.25) is 9.59 Å². The van der Waals surface area contributed by atoms with Crippen LogP contribution >= 0.6 is 0 Å². The van der Waals surface area contributed by atoms with E-state index in [1.807, 2.05) is 0 Å². The van der Waals surface area contributed by atoms with Gasteiger partial charge in [0.1, 0.15) is 5.78 Å². The molecule has 0 heterocycles. The molecule has 0 bridgehead atoms. The molecule has 0 aromatic heterocycles. The van der Waals surface area contributed by atoms with Crippen molar-refractivity contribution >= 4 is 23.3 Å². The molecule has 0 aliphatic heterocycles. The van der Waals surface area contributed by atoms with Crippen molar-refractivity contribution in [1.82, 2.24) is 0 Å². The van der Waals surface area contributed by atoms with E-state index in [0.29, 0.717) is 11.3 Å². The van der Waals surface area contributed by atoms with Gasteiger partial charge < -0.3 is 10.1 Å². The van der Waals surface area contributed by atoms with Crippen LogP contribution < -0.4 is 5.32 Å². The van der Waals surface area contributed by atoms with Gasteiger partial charge in [0, 0.05) is 17.2 Å². The SMILES string of the molecule is CCOC(=O)C#Cc1ccc(NC(=O)CC(C)=O)cc1. The average molecular weight is 273 g/mol. The molecule has 1 aromatic rings. The fourth-order valence-corrected chi connectivity index (χ4v) is 1.36. The van der Waals surface area contributed by atoms with E-state index >= 15 is 0 Å². The second-order valence-corrected chi connectivity index (χ2v) is 3.97. The zero-order valence-electron chi connectivity index (χ0n) is 11.4. The number of hydrogen-bond donors (Lipinski definition) is 1. The summed E-state index contributed by atoms with van der Waals surface area (Å²) in [5.74, 6) is 3.86. The van der Waals surface area contributed by atoms with Crippen LogP contribution in [0.25, 0.3) is 0 Å². The smallest absolute Gasteiger partial charge is 0.384 e. The molecular weight excluding hydrogens is 258 g/mol. The van der Waals surface area contributed by atoms with E-state index in [4.69, 9.17) is 0 Å². The van der Waals surface area contributed by atoms with Crippen LogP contribution in [0.1, 0.15) is 25.8 Å². The molecule has 0 fully saturated rings. The van der Waals surface area contributed by atoms with E-state index in [9.17, 15) is 14.4 Å². The Morgan fingerprint density at radius 3 is 2.40 bits per heavy atom. The molecule has 0 aliphatic rings. The van der Waals surface area contributed by atoms with E-state index < -0.39 is 5.97 Å². The molecule has 0 radical (unpaired) electrons. The number of esters is 1. The van der Waals surface area contributed by atoms with Crippen LogP contribution in [0.3, 0.4) is 0 Å². The molecule has 5 nitrogen and oxygen atoms in total. The third kappa shape index (κ3) is 5.83. The van der Waals surface area contributed by atoms with Crippen molar-refractivity contribution in [1.29, 1.82) is 0 Å². The second kappa shape index (κ2) is 7.74. The quantitative estimate of drug-likeness (QED) is 0.513. The molecule has 1 aromatic carbocycles. The molecule has 0 saturated heterocycles. The van der Waals surface area contributed by atoms with Gasteiger partial charge in [0.25, 0.3) is 0 Å². The number of Topliss-reactive ketones (excluding diaryl/α,β-unsaturated/α-hetero) is 1. The number of ketones is 1. The summed E-state index contributed by atoms with van der Waals surface area (Å²) in [6, 6.07) is 6.62. The topological polar surface area (TPSA) is 72.5 Å². The summed E-state index contributed by atoms with van der Waals surface area (Å²) in [7, 11) is 0. The lowest BCUT2D eigenvalue weighted by atomic mass is 10.2. The Kier molecular flexibility index (Phi) is 5.98. The largest absolute Gasteiger partial charge is 0.456 e. The molecule has 0 unspecified atom stereocenters. The number of rotatable bonds is 4. The Labute approximate surface area is 117 Å². The predicted molar refractivity (Wildman–Crippen MR) is 73.9 cm³/mol. The van der Waals surface area contributed by atoms with Crippen molar-refractivity contribution in [3.05, 3.63) is 29.8 Å². The molecule has 1 N–H and O–H groups in total. The van der Waals surface area contributed by atoms with E-state index in [1.54, 1.807) is 31.2 Å². The lowest BCUT2D eigenvalue weighted by Gasteiger charge is -2.03. The molecule has 20 heavy (non-hydrogen) atoms. The van der Waals surface area contributed by atoms with Gasteiger partial charge in [0.2, 0.25) is 5.91 Å². The van der Waals surface area contributed by atoms with Gasteiger partial charge >= 0.3 is 5.97 Å². The highest BCUT2D eigenvalue weighted by atomic mass is 16.5. The van der Waals surface area contributed by atoms with E-state index in [2.05, 4.69) is 21.9 Å². The first kappa shape index (κ1) is 15.4. The van der Waals surface area contributed by atoms with Gasteiger partial charge in [-0.1, -0.05) is 5.92 Å². The highest BCUT2D eigenvalue weighted by Crippen LogP contribution is 2.09. The summed E-state index contributed by atoms with van der Waals surface area (Å²) in [5.41, 5.74) is 1.19. The molecule has 1 amide bonds. The van der Waals surface area contributed by atoms with Crippen molar-refractivity contribution in [3.63, 3.8) is 0 Å². The van der Waals surface area contributed by atoms with Gasteiger partial charge in [-0.15, -0.1) is 0 Å². The maximum Gasteiger partial charge on any atom is 0.384 e. The summed E-state index contributed by atoms with van der Waals surface area (Å²) >= 11 is 0. The van der Waals surface area contributed by atoms with Crippen molar-refractivity contribution in [3.8, 4) is 11.8 Å². The first-order valence-electron chi connectivity index (χ1n) is 6.09. The number of hydrogen-bond acceptors (Lipinski definition) is 4. The molecule has 0 atom stereocenters. The maximum atomic E-state index is 11.4. The van der Waals surface area contributed by atoms with Gasteiger partial charge in [-0.25, -0.2) is 4.79 Å². The minimum Gasteiger partial charge on any atom is -0.456 e. The second-order valence-electron chi connectivity index (χ2n) is 3.97. The minimum atomic E-state index is -0.577. The summed E-state index contributed by atoms with van der Waals surface area (Å²) in [5, 5.41) is 2.59. The first-order valence-corrected chi connectivity index (χ1v) is 6.09. The summed E-state index contributed by atoms with van der Waals surface area (Å²) in [4.78, 5) is 33.2. The summed E-state index contributed by atoms with van der Waals surface area (Å²) in [6.45, 7) is 3.35.